The molecule has 114 valence electrons. The average molecular weight is 315 g/mol. The van der Waals surface area contributed by atoms with Gasteiger partial charge >= 0.3 is 0 Å². The fourth-order valence-electron chi connectivity index (χ4n) is 2.01. The van der Waals surface area contributed by atoms with E-state index in [9.17, 15) is 9.59 Å². The Labute approximate surface area is 134 Å². The average Bonchev–Trinajstić information content (AvgIpc) is 2.55. The van der Waals surface area contributed by atoms with Crippen LogP contribution in [0.4, 0.5) is 5.69 Å². The van der Waals surface area contributed by atoms with Crippen molar-refractivity contribution in [1.82, 2.24) is 0 Å². The smallest absolute Gasteiger partial charge is 0.225 e. The van der Waals surface area contributed by atoms with Crippen molar-refractivity contribution < 1.29 is 14.3 Å². The Morgan fingerprint density at radius 1 is 1.09 bits per heavy atom. The van der Waals surface area contributed by atoms with Crippen molar-refractivity contribution in [2.45, 2.75) is 6.42 Å². The molecular weight excluding hydrogens is 298 g/mol. The zero-order chi connectivity index (χ0) is 15.9. The summed E-state index contributed by atoms with van der Waals surface area (Å²) in [6.07, 6.45) is 0.316. The summed E-state index contributed by atoms with van der Waals surface area (Å²) in [6.45, 7) is 0. The van der Waals surface area contributed by atoms with Crippen LogP contribution in [0.1, 0.15) is 22.3 Å². The second-order valence-corrected chi connectivity index (χ2v) is 5.08. The molecule has 0 saturated heterocycles. The van der Waals surface area contributed by atoms with Crippen LogP contribution in [0.15, 0.2) is 48.5 Å². The molecule has 0 aliphatic carbocycles. The van der Waals surface area contributed by atoms with Crippen LogP contribution in [0.25, 0.3) is 0 Å². The maximum Gasteiger partial charge on any atom is 0.225 e. The van der Waals surface area contributed by atoms with Gasteiger partial charge in [-0.3, -0.25) is 9.59 Å². The van der Waals surface area contributed by atoms with E-state index in [0.29, 0.717) is 34.7 Å². The zero-order valence-electron chi connectivity index (χ0n) is 12.2. The molecule has 0 aliphatic heterocycles. The Balaban J connectivity index is 2.25. The summed E-state index contributed by atoms with van der Waals surface area (Å²) in [5.41, 5.74) is 1.66. The number of thiol groups is 1. The number of methoxy groups -OCH3 is 1. The third kappa shape index (κ3) is 3.89. The number of hydrogen-bond donors (Lipinski definition) is 2. The summed E-state index contributed by atoms with van der Waals surface area (Å²) in [6, 6.07) is 14.0. The first-order valence-corrected chi connectivity index (χ1v) is 7.47. The van der Waals surface area contributed by atoms with E-state index >= 15 is 0 Å². The minimum absolute atomic E-state index is 0.0906. The molecule has 1 N–H and O–H groups in total. The zero-order valence-corrected chi connectivity index (χ0v) is 13.1. The lowest BCUT2D eigenvalue weighted by molar-refractivity contribution is -0.115. The molecule has 0 fully saturated rings. The van der Waals surface area contributed by atoms with Crippen molar-refractivity contribution in [3.05, 3.63) is 59.7 Å². The van der Waals surface area contributed by atoms with Crippen LogP contribution >= 0.6 is 12.6 Å². The number of rotatable bonds is 6. The van der Waals surface area contributed by atoms with Crippen molar-refractivity contribution in [1.29, 1.82) is 0 Å². The van der Waals surface area contributed by atoms with Gasteiger partial charge in [0.25, 0.3) is 0 Å². The number of ether oxygens (including phenoxy) is 1. The number of amides is 1. The summed E-state index contributed by atoms with van der Waals surface area (Å²) >= 11 is 4.02. The van der Waals surface area contributed by atoms with E-state index in [1.54, 1.807) is 30.3 Å². The second-order valence-electron chi connectivity index (χ2n) is 4.63. The Morgan fingerprint density at radius 2 is 1.82 bits per heavy atom. The first kappa shape index (κ1) is 16.1. The molecule has 0 aromatic heterocycles. The van der Waals surface area contributed by atoms with Crippen LogP contribution in [-0.4, -0.2) is 24.6 Å². The van der Waals surface area contributed by atoms with Crippen LogP contribution < -0.4 is 10.1 Å². The minimum atomic E-state index is -0.143. The lowest BCUT2D eigenvalue weighted by atomic mass is 10.0. The van der Waals surface area contributed by atoms with E-state index in [2.05, 4.69) is 17.9 Å². The fourth-order valence-corrected chi connectivity index (χ4v) is 2.21. The maximum atomic E-state index is 12.4. The molecule has 0 radical (unpaired) electrons. The highest BCUT2D eigenvalue weighted by atomic mass is 32.1. The molecule has 4 nitrogen and oxygen atoms in total. The van der Waals surface area contributed by atoms with Gasteiger partial charge in [0.05, 0.1) is 12.8 Å². The van der Waals surface area contributed by atoms with Gasteiger partial charge in [-0.05, 0) is 24.0 Å². The summed E-state index contributed by atoms with van der Waals surface area (Å²) in [5.74, 6) is 0.690. The van der Waals surface area contributed by atoms with Crippen molar-refractivity contribution >= 4 is 30.0 Å². The van der Waals surface area contributed by atoms with E-state index in [4.69, 9.17) is 4.74 Å². The maximum absolute atomic E-state index is 12.4. The van der Waals surface area contributed by atoms with Crippen molar-refractivity contribution in [3.8, 4) is 5.75 Å². The fraction of sp³-hybridized carbons (Fsp3) is 0.176. The first-order chi connectivity index (χ1) is 10.7. The molecule has 2 aromatic rings. The van der Waals surface area contributed by atoms with Gasteiger partial charge < -0.3 is 10.1 Å². The van der Waals surface area contributed by atoms with E-state index in [1.165, 1.54) is 7.11 Å². The lowest BCUT2D eigenvalue weighted by Crippen LogP contribution is -2.13. The topological polar surface area (TPSA) is 55.4 Å². The van der Waals surface area contributed by atoms with Crippen LogP contribution in [0, 0.1) is 0 Å². The number of benzene rings is 2. The Bertz CT molecular complexity index is 671. The van der Waals surface area contributed by atoms with Gasteiger partial charge in [-0.15, -0.1) is 0 Å². The van der Waals surface area contributed by atoms with Crippen LogP contribution in [-0.2, 0) is 4.79 Å². The van der Waals surface area contributed by atoms with Gasteiger partial charge in [0, 0.05) is 17.5 Å². The van der Waals surface area contributed by atoms with Crippen LogP contribution in [0.2, 0.25) is 0 Å². The second kappa shape index (κ2) is 7.66. The molecule has 0 unspecified atom stereocenters. The Kier molecular flexibility index (Phi) is 5.61. The van der Waals surface area contributed by atoms with E-state index in [-0.39, 0.29) is 11.7 Å². The van der Waals surface area contributed by atoms with Crippen molar-refractivity contribution in [2.75, 3.05) is 18.2 Å². The SMILES string of the molecule is COc1cc(C(=O)c2ccccc2)ccc1NC(=O)CCS. The van der Waals surface area contributed by atoms with Gasteiger partial charge in [0.15, 0.2) is 5.78 Å². The molecule has 0 bridgehead atoms. The number of carbonyl (C=O) groups excluding carboxylic acids is 2. The number of nitrogens with one attached hydrogen (secondary N) is 1. The molecule has 2 rings (SSSR count). The summed E-state index contributed by atoms with van der Waals surface area (Å²) in [4.78, 5) is 24.0. The van der Waals surface area contributed by atoms with Gasteiger partial charge in [-0.2, -0.15) is 12.6 Å². The Morgan fingerprint density at radius 3 is 2.45 bits per heavy atom. The molecule has 1 amide bonds. The standard InChI is InChI=1S/C17H17NO3S/c1-21-15-11-13(17(20)12-5-3-2-4-6-12)7-8-14(15)18-16(19)9-10-22/h2-8,11,22H,9-10H2,1H3,(H,18,19). The number of ketones is 1. The molecule has 2 aromatic carbocycles. The Hall–Kier alpha value is -2.27. The first-order valence-electron chi connectivity index (χ1n) is 6.84. The predicted octanol–water partition coefficient (Wildman–Crippen LogP) is 3.18. The van der Waals surface area contributed by atoms with E-state index < -0.39 is 0 Å². The lowest BCUT2D eigenvalue weighted by Gasteiger charge is -2.11. The molecule has 0 saturated carbocycles. The van der Waals surface area contributed by atoms with Crippen molar-refractivity contribution in [2.24, 2.45) is 0 Å². The minimum Gasteiger partial charge on any atom is -0.495 e. The number of anilines is 1. The highest BCUT2D eigenvalue weighted by Gasteiger charge is 2.13. The van der Waals surface area contributed by atoms with E-state index in [1.807, 2.05) is 18.2 Å². The van der Waals surface area contributed by atoms with Gasteiger partial charge in [-0.25, -0.2) is 0 Å². The molecule has 0 aliphatic rings. The van der Waals surface area contributed by atoms with Gasteiger partial charge in [0.1, 0.15) is 5.75 Å². The highest BCUT2D eigenvalue weighted by molar-refractivity contribution is 7.80. The van der Waals surface area contributed by atoms with Crippen LogP contribution in [0.5, 0.6) is 5.75 Å². The summed E-state index contributed by atoms with van der Waals surface area (Å²) in [5, 5.41) is 2.74. The normalized spacial score (nSPS) is 10.1. The number of carbonyl (C=O) groups is 2. The molecule has 0 atom stereocenters. The third-order valence-corrected chi connectivity index (χ3v) is 3.34. The third-order valence-electron chi connectivity index (χ3n) is 3.11. The quantitative estimate of drug-likeness (QED) is 0.636. The van der Waals surface area contributed by atoms with Crippen LogP contribution in [0.3, 0.4) is 0 Å². The number of hydrogen-bond acceptors (Lipinski definition) is 4. The highest BCUT2D eigenvalue weighted by Crippen LogP contribution is 2.27. The van der Waals surface area contributed by atoms with E-state index in [0.717, 1.165) is 0 Å². The van der Waals surface area contributed by atoms with Gasteiger partial charge in [-0.1, -0.05) is 30.3 Å². The largest absolute Gasteiger partial charge is 0.495 e. The summed E-state index contributed by atoms with van der Waals surface area (Å²) in [7, 11) is 1.50. The van der Waals surface area contributed by atoms with Gasteiger partial charge in [0.2, 0.25) is 5.91 Å². The molecule has 0 heterocycles. The molecule has 5 heteroatoms. The molecular formula is C17H17NO3S. The van der Waals surface area contributed by atoms with Crippen molar-refractivity contribution in [3.63, 3.8) is 0 Å². The molecule has 22 heavy (non-hydrogen) atoms. The predicted molar refractivity (Wildman–Crippen MR) is 90.0 cm³/mol. The molecule has 0 spiro atoms. The summed E-state index contributed by atoms with van der Waals surface area (Å²) < 4.78 is 5.27. The monoisotopic (exact) mass is 315 g/mol.